The zero-order valence-electron chi connectivity index (χ0n) is 10.6. The monoisotopic (exact) mass is 231 g/mol. The van der Waals surface area contributed by atoms with Gasteiger partial charge in [0.25, 0.3) is 0 Å². The third-order valence-electron chi connectivity index (χ3n) is 5.52. The molecule has 4 rings (SSSR count). The molecule has 92 valence electrons. The van der Waals surface area contributed by atoms with E-state index in [2.05, 4.69) is 6.07 Å². The Morgan fingerprint density at radius 1 is 1.18 bits per heavy atom. The molecule has 0 aliphatic heterocycles. The van der Waals surface area contributed by atoms with Gasteiger partial charge in [0.15, 0.2) is 0 Å². The SMILES string of the molecule is CCC(=O)C(C#N)C1C2CC3CC(C2)CC1C3. The van der Waals surface area contributed by atoms with Crippen molar-refractivity contribution in [1.29, 1.82) is 5.26 Å². The lowest BCUT2D eigenvalue weighted by Gasteiger charge is -2.55. The van der Waals surface area contributed by atoms with Crippen LogP contribution in [-0.2, 0) is 4.79 Å². The largest absolute Gasteiger partial charge is 0.298 e. The van der Waals surface area contributed by atoms with E-state index >= 15 is 0 Å². The first-order valence-electron chi connectivity index (χ1n) is 7.15. The molecule has 0 spiro atoms. The van der Waals surface area contributed by atoms with Crippen molar-refractivity contribution in [2.75, 3.05) is 0 Å². The Morgan fingerprint density at radius 2 is 1.71 bits per heavy atom. The molecular formula is C15H21NO. The van der Waals surface area contributed by atoms with Crippen LogP contribution in [0.5, 0.6) is 0 Å². The summed E-state index contributed by atoms with van der Waals surface area (Å²) in [6.07, 6.45) is 7.15. The Kier molecular flexibility index (Phi) is 2.73. The number of hydrogen-bond donors (Lipinski definition) is 0. The van der Waals surface area contributed by atoms with E-state index in [1.165, 1.54) is 32.1 Å². The Hall–Kier alpha value is -0.840. The standard InChI is InChI=1S/C15H21NO/c1-2-14(17)13(8-16)15-11-4-9-3-10(6-11)7-12(15)5-9/h9-13,15H,2-7H2,1H3. The van der Waals surface area contributed by atoms with Gasteiger partial charge < -0.3 is 0 Å². The molecular weight excluding hydrogens is 210 g/mol. The van der Waals surface area contributed by atoms with Gasteiger partial charge in [-0.05, 0) is 61.7 Å². The number of ketones is 1. The van der Waals surface area contributed by atoms with Crippen molar-refractivity contribution >= 4 is 5.78 Å². The normalized spacial score (nSPS) is 44.4. The summed E-state index contributed by atoms with van der Waals surface area (Å²) in [6, 6.07) is 2.33. The number of nitrogens with zero attached hydrogens (tertiary/aromatic N) is 1. The van der Waals surface area contributed by atoms with E-state index in [4.69, 9.17) is 0 Å². The van der Waals surface area contributed by atoms with Gasteiger partial charge in [0.2, 0.25) is 0 Å². The van der Waals surface area contributed by atoms with Crippen LogP contribution in [0.15, 0.2) is 0 Å². The van der Waals surface area contributed by atoms with Crippen molar-refractivity contribution in [1.82, 2.24) is 0 Å². The molecule has 1 unspecified atom stereocenters. The highest BCUT2D eigenvalue weighted by Crippen LogP contribution is 2.58. The van der Waals surface area contributed by atoms with Crippen LogP contribution in [-0.4, -0.2) is 5.78 Å². The second-order valence-corrected chi connectivity index (χ2v) is 6.43. The van der Waals surface area contributed by atoms with Gasteiger partial charge in [-0.2, -0.15) is 5.26 Å². The van der Waals surface area contributed by atoms with Crippen molar-refractivity contribution in [3.8, 4) is 6.07 Å². The van der Waals surface area contributed by atoms with Crippen LogP contribution < -0.4 is 0 Å². The van der Waals surface area contributed by atoms with Crippen molar-refractivity contribution < 1.29 is 4.79 Å². The molecule has 17 heavy (non-hydrogen) atoms. The number of rotatable bonds is 3. The second kappa shape index (κ2) is 4.12. The molecule has 0 aromatic rings. The summed E-state index contributed by atoms with van der Waals surface area (Å²) in [5, 5.41) is 9.34. The van der Waals surface area contributed by atoms with Crippen LogP contribution in [0.1, 0.15) is 45.4 Å². The van der Waals surface area contributed by atoms with Crippen LogP contribution in [0.25, 0.3) is 0 Å². The fourth-order valence-corrected chi connectivity index (χ4v) is 5.10. The van der Waals surface area contributed by atoms with Crippen molar-refractivity contribution in [3.05, 3.63) is 0 Å². The number of carbonyl (C=O) groups excluding carboxylic acids is 1. The minimum atomic E-state index is -0.296. The zero-order chi connectivity index (χ0) is 12.0. The van der Waals surface area contributed by atoms with Crippen molar-refractivity contribution in [2.24, 2.45) is 35.5 Å². The average Bonchev–Trinajstić information content (AvgIpc) is 2.32. The van der Waals surface area contributed by atoms with Gasteiger partial charge in [0, 0.05) is 6.42 Å². The van der Waals surface area contributed by atoms with Gasteiger partial charge in [0.1, 0.15) is 11.7 Å². The summed E-state index contributed by atoms with van der Waals surface area (Å²) in [4.78, 5) is 11.9. The molecule has 1 atom stereocenters. The van der Waals surface area contributed by atoms with Gasteiger partial charge in [-0.3, -0.25) is 4.79 Å². The number of nitriles is 1. The van der Waals surface area contributed by atoms with Crippen molar-refractivity contribution in [3.63, 3.8) is 0 Å². The third-order valence-corrected chi connectivity index (χ3v) is 5.52. The molecule has 0 saturated heterocycles. The lowest BCUT2D eigenvalue weighted by Crippen LogP contribution is -2.48. The Morgan fingerprint density at radius 3 is 2.12 bits per heavy atom. The van der Waals surface area contributed by atoms with Crippen LogP contribution in [0.2, 0.25) is 0 Å². The molecule has 4 fully saturated rings. The lowest BCUT2D eigenvalue weighted by molar-refractivity contribution is -0.128. The topological polar surface area (TPSA) is 40.9 Å². The molecule has 0 heterocycles. The second-order valence-electron chi connectivity index (χ2n) is 6.43. The predicted molar refractivity (Wildman–Crippen MR) is 64.9 cm³/mol. The molecule has 0 radical (unpaired) electrons. The average molecular weight is 231 g/mol. The summed E-state index contributed by atoms with van der Waals surface area (Å²) in [5.74, 6) is 3.51. The smallest absolute Gasteiger partial charge is 0.150 e. The molecule has 4 aliphatic carbocycles. The maximum Gasteiger partial charge on any atom is 0.150 e. The van der Waals surface area contributed by atoms with Crippen LogP contribution in [0, 0.1) is 46.8 Å². The summed E-state index contributed by atoms with van der Waals surface area (Å²) in [5.41, 5.74) is 0. The quantitative estimate of drug-likeness (QED) is 0.748. The fraction of sp³-hybridized carbons (Fsp3) is 0.867. The number of carbonyl (C=O) groups is 1. The number of Topliss-reactive ketones (excluding diaryl/α,β-unsaturated/α-hetero) is 1. The highest BCUT2D eigenvalue weighted by Gasteiger charge is 2.51. The van der Waals surface area contributed by atoms with Crippen LogP contribution in [0.3, 0.4) is 0 Å². The maximum atomic E-state index is 11.9. The van der Waals surface area contributed by atoms with Gasteiger partial charge in [-0.25, -0.2) is 0 Å². The van der Waals surface area contributed by atoms with Gasteiger partial charge in [-0.1, -0.05) is 6.92 Å². The maximum absolute atomic E-state index is 11.9. The summed E-state index contributed by atoms with van der Waals surface area (Å²) in [6.45, 7) is 1.89. The molecule has 0 N–H and O–H groups in total. The summed E-state index contributed by atoms with van der Waals surface area (Å²) >= 11 is 0. The summed E-state index contributed by atoms with van der Waals surface area (Å²) < 4.78 is 0. The van der Waals surface area contributed by atoms with E-state index in [9.17, 15) is 10.1 Å². The first-order valence-corrected chi connectivity index (χ1v) is 7.15. The highest BCUT2D eigenvalue weighted by molar-refractivity contribution is 5.83. The Bertz CT molecular complexity index is 340. The molecule has 4 aliphatic rings. The molecule has 0 aromatic carbocycles. The van der Waals surface area contributed by atoms with E-state index < -0.39 is 0 Å². The molecule has 2 nitrogen and oxygen atoms in total. The first kappa shape index (κ1) is 11.3. The lowest BCUT2D eigenvalue weighted by atomic mass is 9.49. The number of hydrogen-bond acceptors (Lipinski definition) is 2. The molecule has 4 bridgehead atoms. The van der Waals surface area contributed by atoms with E-state index in [0.717, 1.165) is 11.8 Å². The molecule has 4 saturated carbocycles. The van der Waals surface area contributed by atoms with E-state index in [0.29, 0.717) is 24.2 Å². The highest BCUT2D eigenvalue weighted by atomic mass is 16.1. The van der Waals surface area contributed by atoms with Crippen molar-refractivity contribution in [2.45, 2.75) is 45.4 Å². The van der Waals surface area contributed by atoms with Gasteiger partial charge in [0.05, 0.1) is 6.07 Å². The van der Waals surface area contributed by atoms with E-state index in [1.54, 1.807) is 0 Å². The van der Waals surface area contributed by atoms with E-state index in [1.807, 2.05) is 6.92 Å². The first-order chi connectivity index (χ1) is 8.22. The van der Waals surface area contributed by atoms with E-state index in [-0.39, 0.29) is 11.7 Å². The zero-order valence-corrected chi connectivity index (χ0v) is 10.6. The van der Waals surface area contributed by atoms with Crippen LogP contribution >= 0.6 is 0 Å². The van der Waals surface area contributed by atoms with Crippen LogP contribution in [0.4, 0.5) is 0 Å². The molecule has 0 amide bonds. The predicted octanol–water partition coefficient (Wildman–Crippen LogP) is 3.18. The Balaban J connectivity index is 1.84. The fourth-order valence-electron chi connectivity index (χ4n) is 5.10. The summed E-state index contributed by atoms with van der Waals surface area (Å²) in [7, 11) is 0. The Labute approximate surface area is 103 Å². The molecule has 2 heteroatoms. The molecule has 0 aromatic heterocycles. The van der Waals surface area contributed by atoms with Gasteiger partial charge >= 0.3 is 0 Å². The minimum Gasteiger partial charge on any atom is -0.298 e. The minimum absolute atomic E-state index is 0.185. The van der Waals surface area contributed by atoms with Gasteiger partial charge in [-0.15, -0.1) is 0 Å². The third kappa shape index (κ3) is 1.71.